The van der Waals surface area contributed by atoms with Gasteiger partial charge in [0.05, 0.1) is 4.92 Å². The summed E-state index contributed by atoms with van der Waals surface area (Å²) in [5, 5.41) is 11.0. The summed E-state index contributed by atoms with van der Waals surface area (Å²) in [6.45, 7) is 2.01. The Morgan fingerprint density at radius 1 is 1.50 bits per heavy atom. The lowest BCUT2D eigenvalue weighted by Gasteiger charge is -2.11. The van der Waals surface area contributed by atoms with E-state index in [0.717, 1.165) is 23.5 Å². The summed E-state index contributed by atoms with van der Waals surface area (Å²) in [6.07, 6.45) is 1.03. The molecule has 0 aliphatic carbocycles. The third-order valence-corrected chi connectivity index (χ3v) is 3.84. The van der Waals surface area contributed by atoms with Gasteiger partial charge < -0.3 is 0 Å². The van der Waals surface area contributed by atoms with Gasteiger partial charge in [-0.1, -0.05) is 18.2 Å². The number of hydrogen-bond donors (Lipinski definition) is 1. The van der Waals surface area contributed by atoms with Crippen LogP contribution in [0.25, 0.3) is 0 Å². The molecule has 1 aromatic rings. The van der Waals surface area contributed by atoms with Crippen LogP contribution in [-0.4, -0.2) is 16.4 Å². The minimum absolute atomic E-state index is 0.154. The Morgan fingerprint density at radius 3 is 2.81 bits per heavy atom. The van der Waals surface area contributed by atoms with Crippen LogP contribution < -0.4 is 0 Å². The summed E-state index contributed by atoms with van der Waals surface area (Å²) < 4.78 is 0. The van der Waals surface area contributed by atoms with Crippen LogP contribution >= 0.6 is 24.4 Å². The first-order valence-electron chi connectivity index (χ1n) is 5.12. The third kappa shape index (κ3) is 3.72. The van der Waals surface area contributed by atoms with Crippen LogP contribution in [0, 0.1) is 10.1 Å². The molecular formula is C11H15NO2S2. The van der Waals surface area contributed by atoms with Gasteiger partial charge in [-0.2, -0.15) is 24.4 Å². The number of thioether (sulfide) groups is 1. The number of para-hydroxylation sites is 1. The first kappa shape index (κ1) is 13.4. The molecule has 0 heterocycles. The van der Waals surface area contributed by atoms with Gasteiger partial charge in [-0.15, -0.1) is 0 Å². The summed E-state index contributed by atoms with van der Waals surface area (Å²) in [5.41, 5.74) is 1.02. The van der Waals surface area contributed by atoms with Crippen LogP contribution in [0.3, 0.4) is 0 Å². The van der Waals surface area contributed by atoms with Crippen LogP contribution in [0.1, 0.15) is 24.2 Å². The maximum atomic E-state index is 10.8. The van der Waals surface area contributed by atoms with Gasteiger partial charge in [-0.3, -0.25) is 10.1 Å². The molecule has 0 fully saturated rings. The quantitative estimate of drug-likeness (QED) is 0.365. The molecule has 0 aromatic heterocycles. The molecule has 88 valence electrons. The highest BCUT2D eigenvalue weighted by molar-refractivity contribution is 7.99. The van der Waals surface area contributed by atoms with Crippen LogP contribution in [0.4, 0.5) is 5.69 Å². The second-order valence-electron chi connectivity index (χ2n) is 3.41. The van der Waals surface area contributed by atoms with Crippen molar-refractivity contribution in [1.29, 1.82) is 0 Å². The molecule has 1 atom stereocenters. The summed E-state index contributed by atoms with van der Waals surface area (Å²) in [5.74, 6) is 1.84. The number of rotatable bonds is 6. The van der Waals surface area contributed by atoms with Gasteiger partial charge in [-0.25, -0.2) is 0 Å². The van der Waals surface area contributed by atoms with Gasteiger partial charge in [0, 0.05) is 16.9 Å². The predicted molar refractivity (Wildman–Crippen MR) is 72.4 cm³/mol. The van der Waals surface area contributed by atoms with Gasteiger partial charge in [0.2, 0.25) is 0 Å². The summed E-state index contributed by atoms with van der Waals surface area (Å²) in [7, 11) is 0. The first-order valence-corrected chi connectivity index (χ1v) is 6.80. The van der Waals surface area contributed by atoms with Crippen molar-refractivity contribution >= 4 is 30.1 Å². The van der Waals surface area contributed by atoms with E-state index in [1.54, 1.807) is 23.9 Å². The molecule has 5 heteroatoms. The van der Waals surface area contributed by atoms with E-state index < -0.39 is 0 Å². The maximum Gasteiger partial charge on any atom is 0.273 e. The van der Waals surface area contributed by atoms with Crippen molar-refractivity contribution in [2.75, 3.05) is 11.5 Å². The van der Waals surface area contributed by atoms with E-state index in [-0.39, 0.29) is 15.9 Å². The number of hydrogen-bond acceptors (Lipinski definition) is 4. The molecule has 1 rings (SSSR count). The molecule has 1 aromatic carbocycles. The average Bonchev–Trinajstić information content (AvgIpc) is 2.29. The van der Waals surface area contributed by atoms with Crippen LogP contribution in [0.5, 0.6) is 0 Å². The van der Waals surface area contributed by atoms with E-state index in [9.17, 15) is 10.1 Å². The fourth-order valence-corrected chi connectivity index (χ4v) is 2.83. The van der Waals surface area contributed by atoms with Gasteiger partial charge in [0.25, 0.3) is 5.69 Å². The zero-order valence-electron chi connectivity index (χ0n) is 9.13. The highest BCUT2D eigenvalue weighted by Gasteiger charge is 2.17. The number of nitrogens with zero attached hydrogens (tertiary/aromatic N) is 1. The summed E-state index contributed by atoms with van der Waals surface area (Å²) >= 11 is 5.87. The predicted octanol–water partition coefficient (Wildman–Crippen LogP) is 3.71. The Hall–Kier alpha value is -0.680. The standard InChI is InChI=1S/C11H15NO2S2/c1-9(16-8-4-7-15)10-5-2-3-6-11(10)12(13)14/h2-3,5-6,9,15H,4,7-8H2,1H3. The van der Waals surface area contributed by atoms with Crippen molar-refractivity contribution in [3.8, 4) is 0 Å². The van der Waals surface area contributed by atoms with E-state index >= 15 is 0 Å². The van der Waals surface area contributed by atoms with Crippen LogP contribution in [0.2, 0.25) is 0 Å². The summed E-state index contributed by atoms with van der Waals surface area (Å²) in [6, 6.07) is 6.94. The van der Waals surface area contributed by atoms with Gasteiger partial charge in [0.1, 0.15) is 0 Å². The maximum absolute atomic E-state index is 10.8. The Balaban J connectivity index is 2.74. The topological polar surface area (TPSA) is 43.1 Å². The Kier molecular flexibility index (Phi) is 5.69. The van der Waals surface area contributed by atoms with Crippen LogP contribution in [0.15, 0.2) is 24.3 Å². The highest BCUT2D eigenvalue weighted by Crippen LogP contribution is 2.34. The van der Waals surface area contributed by atoms with E-state index in [4.69, 9.17) is 0 Å². The fraction of sp³-hybridized carbons (Fsp3) is 0.455. The Labute approximate surface area is 105 Å². The lowest BCUT2D eigenvalue weighted by Crippen LogP contribution is -1.98. The second-order valence-corrected chi connectivity index (χ2v) is 5.30. The van der Waals surface area contributed by atoms with Crippen molar-refractivity contribution in [2.45, 2.75) is 18.6 Å². The van der Waals surface area contributed by atoms with E-state index in [1.807, 2.05) is 19.1 Å². The first-order chi connectivity index (χ1) is 7.66. The SMILES string of the molecule is CC(SCCCS)c1ccccc1[N+](=O)[O-]. The molecule has 0 spiro atoms. The zero-order chi connectivity index (χ0) is 12.0. The minimum Gasteiger partial charge on any atom is -0.258 e. The van der Waals surface area contributed by atoms with Crippen LogP contribution in [-0.2, 0) is 0 Å². The average molecular weight is 257 g/mol. The summed E-state index contributed by atoms with van der Waals surface area (Å²) in [4.78, 5) is 10.5. The normalized spacial score (nSPS) is 12.4. The van der Waals surface area contributed by atoms with Crippen molar-refractivity contribution in [1.82, 2.24) is 0 Å². The number of nitro groups is 1. The van der Waals surface area contributed by atoms with E-state index in [0.29, 0.717) is 0 Å². The lowest BCUT2D eigenvalue weighted by molar-refractivity contribution is -0.385. The molecule has 0 aliphatic rings. The van der Waals surface area contributed by atoms with Crippen molar-refractivity contribution < 1.29 is 4.92 Å². The molecule has 16 heavy (non-hydrogen) atoms. The van der Waals surface area contributed by atoms with Gasteiger partial charge in [0.15, 0.2) is 0 Å². The Morgan fingerprint density at radius 2 is 2.19 bits per heavy atom. The van der Waals surface area contributed by atoms with E-state index in [1.165, 1.54) is 0 Å². The van der Waals surface area contributed by atoms with Gasteiger partial charge in [-0.05, 0) is 24.9 Å². The molecule has 1 unspecified atom stereocenters. The van der Waals surface area contributed by atoms with Crippen molar-refractivity contribution in [3.63, 3.8) is 0 Å². The molecule has 0 amide bonds. The fourth-order valence-electron chi connectivity index (χ4n) is 1.41. The smallest absolute Gasteiger partial charge is 0.258 e. The molecule has 0 saturated heterocycles. The van der Waals surface area contributed by atoms with E-state index in [2.05, 4.69) is 12.6 Å². The Bertz CT molecular complexity index is 358. The molecular weight excluding hydrogens is 242 g/mol. The monoisotopic (exact) mass is 257 g/mol. The van der Waals surface area contributed by atoms with Crippen molar-refractivity contribution in [3.05, 3.63) is 39.9 Å². The second kappa shape index (κ2) is 6.81. The molecule has 3 nitrogen and oxygen atoms in total. The molecule has 0 radical (unpaired) electrons. The molecule has 0 bridgehead atoms. The third-order valence-electron chi connectivity index (χ3n) is 2.24. The zero-order valence-corrected chi connectivity index (χ0v) is 10.8. The number of nitro benzene ring substituents is 1. The van der Waals surface area contributed by atoms with Gasteiger partial charge >= 0.3 is 0 Å². The molecule has 0 saturated carbocycles. The number of benzene rings is 1. The largest absolute Gasteiger partial charge is 0.273 e. The molecule has 0 N–H and O–H groups in total. The highest BCUT2D eigenvalue weighted by atomic mass is 32.2. The minimum atomic E-state index is -0.314. The molecule has 0 aliphatic heterocycles. The lowest BCUT2D eigenvalue weighted by atomic mass is 10.1. The number of thiol groups is 1. The van der Waals surface area contributed by atoms with Crippen molar-refractivity contribution in [2.24, 2.45) is 0 Å².